The first kappa shape index (κ1) is 28.3. The molecule has 1 unspecified atom stereocenters. The maximum atomic E-state index is 11.7. The fourth-order valence-corrected chi connectivity index (χ4v) is 2.92. The average Bonchev–Trinajstić information content (AvgIpc) is 2.63. The summed E-state index contributed by atoms with van der Waals surface area (Å²) in [7, 11) is 0. The Morgan fingerprint density at radius 3 is 1.72 bits per heavy atom. The Morgan fingerprint density at radius 1 is 0.759 bits per heavy atom. The lowest BCUT2D eigenvalue weighted by Gasteiger charge is -2.22. The van der Waals surface area contributed by atoms with Crippen LogP contribution in [-0.4, -0.2) is 65.4 Å². The fourth-order valence-electron chi connectivity index (χ4n) is 2.92. The van der Waals surface area contributed by atoms with Gasteiger partial charge in [0.25, 0.3) is 0 Å². The van der Waals surface area contributed by atoms with E-state index in [-0.39, 0.29) is 5.97 Å². The molecular formula is C23H46O6. The van der Waals surface area contributed by atoms with Crippen molar-refractivity contribution in [3.8, 4) is 0 Å². The molecule has 0 fully saturated rings. The molecule has 6 heteroatoms. The molecule has 0 N–H and O–H groups in total. The van der Waals surface area contributed by atoms with E-state index in [4.69, 9.17) is 23.7 Å². The lowest BCUT2D eigenvalue weighted by atomic mass is 9.84. The van der Waals surface area contributed by atoms with Gasteiger partial charge in [-0.2, -0.15) is 0 Å². The molecule has 1 atom stereocenters. The predicted octanol–water partition coefficient (Wildman–Crippen LogP) is 4.64. The molecule has 6 nitrogen and oxygen atoms in total. The topological polar surface area (TPSA) is 63.2 Å². The van der Waals surface area contributed by atoms with Crippen LogP contribution in [0.25, 0.3) is 0 Å². The molecule has 0 aliphatic rings. The third kappa shape index (κ3) is 23.5. The second-order valence-corrected chi connectivity index (χ2v) is 8.79. The van der Waals surface area contributed by atoms with Crippen molar-refractivity contribution in [3.05, 3.63) is 0 Å². The van der Waals surface area contributed by atoms with E-state index >= 15 is 0 Å². The van der Waals surface area contributed by atoms with Crippen LogP contribution in [0.4, 0.5) is 0 Å². The van der Waals surface area contributed by atoms with Gasteiger partial charge in [-0.15, -0.1) is 0 Å². The van der Waals surface area contributed by atoms with Crippen LogP contribution in [0.5, 0.6) is 0 Å². The van der Waals surface area contributed by atoms with Crippen LogP contribution >= 0.6 is 0 Å². The minimum atomic E-state index is -0.136. The van der Waals surface area contributed by atoms with Gasteiger partial charge >= 0.3 is 5.97 Å². The molecule has 0 aliphatic carbocycles. The summed E-state index contributed by atoms with van der Waals surface area (Å²) in [6.07, 6.45) is 5.39. The molecule has 29 heavy (non-hydrogen) atoms. The van der Waals surface area contributed by atoms with E-state index in [1.54, 1.807) is 0 Å². The second kappa shape index (κ2) is 19.3. The minimum Gasteiger partial charge on any atom is -0.466 e. The van der Waals surface area contributed by atoms with Gasteiger partial charge in [0.1, 0.15) is 0 Å². The molecule has 0 saturated heterocycles. The van der Waals surface area contributed by atoms with Crippen molar-refractivity contribution in [3.63, 3.8) is 0 Å². The molecule has 0 spiro atoms. The fraction of sp³-hybridized carbons (Fsp3) is 0.957. The van der Waals surface area contributed by atoms with Crippen molar-refractivity contribution >= 4 is 5.97 Å². The standard InChI is InChI=1S/C23H46O6/c1-6-7-11-25-14-16-27-18-19-28-17-15-26-12-8-9-22(24)29-13-10-21(2)20-23(3,4)5/h21H,6-20H2,1-5H3. The van der Waals surface area contributed by atoms with Gasteiger partial charge in [-0.1, -0.05) is 41.0 Å². The van der Waals surface area contributed by atoms with Crippen molar-refractivity contribution in [2.24, 2.45) is 11.3 Å². The van der Waals surface area contributed by atoms with Crippen LogP contribution < -0.4 is 0 Å². The second-order valence-electron chi connectivity index (χ2n) is 8.79. The number of unbranched alkanes of at least 4 members (excludes halogenated alkanes) is 1. The molecule has 0 aromatic carbocycles. The van der Waals surface area contributed by atoms with Crippen LogP contribution in [0, 0.1) is 11.3 Å². The predicted molar refractivity (Wildman–Crippen MR) is 116 cm³/mol. The zero-order valence-corrected chi connectivity index (χ0v) is 19.6. The van der Waals surface area contributed by atoms with E-state index < -0.39 is 0 Å². The third-order valence-electron chi connectivity index (χ3n) is 4.26. The largest absolute Gasteiger partial charge is 0.466 e. The number of ether oxygens (including phenoxy) is 5. The average molecular weight is 419 g/mol. The van der Waals surface area contributed by atoms with Crippen LogP contribution in [0.3, 0.4) is 0 Å². The first-order valence-corrected chi connectivity index (χ1v) is 11.3. The number of hydrogen-bond donors (Lipinski definition) is 0. The lowest BCUT2D eigenvalue weighted by molar-refractivity contribution is -0.144. The van der Waals surface area contributed by atoms with Gasteiger partial charge in [-0.05, 0) is 37.0 Å². The molecule has 0 radical (unpaired) electrons. The minimum absolute atomic E-state index is 0.136. The van der Waals surface area contributed by atoms with E-state index in [0.717, 1.165) is 32.3 Å². The van der Waals surface area contributed by atoms with Crippen molar-refractivity contribution in [2.75, 3.05) is 59.5 Å². The normalized spacial score (nSPS) is 12.9. The molecule has 0 bridgehead atoms. The number of rotatable bonds is 20. The molecular weight excluding hydrogens is 372 g/mol. The Kier molecular flexibility index (Phi) is 18.8. The molecule has 0 aromatic heterocycles. The van der Waals surface area contributed by atoms with E-state index in [1.165, 1.54) is 0 Å². The molecule has 0 rings (SSSR count). The number of carbonyl (C=O) groups excluding carboxylic acids is 1. The van der Waals surface area contributed by atoms with Gasteiger partial charge in [0.2, 0.25) is 0 Å². The lowest BCUT2D eigenvalue weighted by Crippen LogP contribution is -2.14. The number of esters is 1. The molecule has 0 saturated carbocycles. The zero-order chi connectivity index (χ0) is 21.8. The first-order valence-electron chi connectivity index (χ1n) is 11.3. The summed E-state index contributed by atoms with van der Waals surface area (Å²) in [6, 6.07) is 0. The van der Waals surface area contributed by atoms with Crippen molar-refractivity contribution in [1.29, 1.82) is 0 Å². The van der Waals surface area contributed by atoms with E-state index in [0.29, 0.717) is 77.0 Å². The summed E-state index contributed by atoms with van der Waals surface area (Å²) in [5, 5.41) is 0. The Morgan fingerprint density at radius 2 is 1.24 bits per heavy atom. The maximum Gasteiger partial charge on any atom is 0.305 e. The van der Waals surface area contributed by atoms with E-state index in [1.807, 2.05) is 0 Å². The summed E-state index contributed by atoms with van der Waals surface area (Å²) in [5.74, 6) is 0.430. The summed E-state index contributed by atoms with van der Waals surface area (Å²) in [6.45, 7) is 16.4. The highest BCUT2D eigenvalue weighted by molar-refractivity contribution is 5.69. The molecule has 0 amide bonds. The zero-order valence-electron chi connectivity index (χ0n) is 19.6. The Hall–Kier alpha value is -0.690. The van der Waals surface area contributed by atoms with Gasteiger partial charge in [0, 0.05) is 19.6 Å². The highest BCUT2D eigenvalue weighted by Crippen LogP contribution is 2.25. The maximum absolute atomic E-state index is 11.7. The van der Waals surface area contributed by atoms with Gasteiger partial charge in [-0.25, -0.2) is 0 Å². The van der Waals surface area contributed by atoms with Gasteiger partial charge in [0.15, 0.2) is 0 Å². The summed E-state index contributed by atoms with van der Waals surface area (Å²) < 4.78 is 27.0. The van der Waals surface area contributed by atoms with E-state index in [9.17, 15) is 4.79 Å². The Labute approximate surface area is 178 Å². The smallest absolute Gasteiger partial charge is 0.305 e. The van der Waals surface area contributed by atoms with Gasteiger partial charge in [0.05, 0.1) is 46.2 Å². The van der Waals surface area contributed by atoms with Crippen molar-refractivity contribution in [2.45, 2.75) is 73.1 Å². The summed E-state index contributed by atoms with van der Waals surface area (Å²) in [4.78, 5) is 11.7. The monoisotopic (exact) mass is 418 g/mol. The van der Waals surface area contributed by atoms with Crippen LogP contribution in [-0.2, 0) is 28.5 Å². The van der Waals surface area contributed by atoms with Crippen LogP contribution in [0.1, 0.15) is 73.1 Å². The van der Waals surface area contributed by atoms with Crippen molar-refractivity contribution in [1.82, 2.24) is 0 Å². The Bertz CT molecular complexity index is 367. The highest BCUT2D eigenvalue weighted by atomic mass is 16.6. The van der Waals surface area contributed by atoms with Gasteiger partial charge in [-0.3, -0.25) is 4.79 Å². The van der Waals surface area contributed by atoms with Crippen molar-refractivity contribution < 1.29 is 28.5 Å². The first-order chi connectivity index (χ1) is 13.8. The SMILES string of the molecule is CCCCOCCOCCOCCOCCCC(=O)OCCC(C)CC(C)(C)C. The van der Waals surface area contributed by atoms with Crippen LogP contribution in [0.2, 0.25) is 0 Å². The summed E-state index contributed by atoms with van der Waals surface area (Å²) in [5.41, 5.74) is 0.320. The quantitative estimate of drug-likeness (QED) is 0.212. The molecule has 174 valence electrons. The van der Waals surface area contributed by atoms with Gasteiger partial charge < -0.3 is 23.7 Å². The molecule has 0 heterocycles. The van der Waals surface area contributed by atoms with E-state index in [2.05, 4.69) is 34.6 Å². The Balaban J connectivity index is 3.27. The number of hydrogen-bond acceptors (Lipinski definition) is 6. The summed E-state index contributed by atoms with van der Waals surface area (Å²) >= 11 is 0. The third-order valence-corrected chi connectivity index (χ3v) is 4.26. The highest BCUT2D eigenvalue weighted by Gasteiger charge is 2.15. The number of carbonyl (C=O) groups is 1. The van der Waals surface area contributed by atoms with Crippen LogP contribution in [0.15, 0.2) is 0 Å². The molecule has 0 aromatic rings. The molecule has 0 aliphatic heterocycles.